The van der Waals surface area contributed by atoms with Gasteiger partial charge in [0.1, 0.15) is 0 Å². The monoisotopic (exact) mass is 228 g/mol. The lowest BCUT2D eigenvalue weighted by molar-refractivity contribution is -0.386. The molecule has 0 bridgehead atoms. The zero-order valence-electron chi connectivity index (χ0n) is 8.38. The Labute approximate surface area is 91.3 Å². The molecule has 0 N–H and O–H groups in total. The molecule has 1 heterocycles. The van der Waals surface area contributed by atoms with Gasteiger partial charge in [-0.3, -0.25) is 14.9 Å². The van der Waals surface area contributed by atoms with Crippen LogP contribution in [-0.2, 0) is 6.54 Å². The Hall–Kier alpha value is -1.30. The number of hydrogen-bond donors (Lipinski definition) is 0. The van der Waals surface area contributed by atoms with Crippen LogP contribution in [0.15, 0.2) is 23.3 Å². The summed E-state index contributed by atoms with van der Waals surface area (Å²) in [4.78, 5) is 20.9. The van der Waals surface area contributed by atoms with Gasteiger partial charge in [0.15, 0.2) is 0 Å². The molecule has 0 spiro atoms. The van der Waals surface area contributed by atoms with Crippen molar-refractivity contribution < 1.29 is 4.92 Å². The number of pyridine rings is 1. The van der Waals surface area contributed by atoms with Crippen LogP contribution >= 0.6 is 11.8 Å². The van der Waals surface area contributed by atoms with Crippen LogP contribution in [-0.4, -0.2) is 21.5 Å². The second kappa shape index (κ2) is 5.55. The van der Waals surface area contributed by atoms with Crippen LogP contribution in [0.3, 0.4) is 0 Å². The first-order chi connectivity index (χ1) is 7.15. The van der Waals surface area contributed by atoms with Crippen LogP contribution in [0.5, 0.6) is 0 Å². The molecule has 0 aliphatic carbocycles. The highest BCUT2D eigenvalue weighted by molar-refractivity contribution is 7.98. The maximum absolute atomic E-state index is 11.1. The van der Waals surface area contributed by atoms with Crippen molar-refractivity contribution >= 4 is 17.4 Å². The standard InChI is InChI=1S/C9H12N2O3S/c1-15-6-2-4-10-5-3-9(12)8(7-10)11(13)14/h3,5,7H,2,4,6H2,1H3. The molecule has 82 valence electrons. The second-order valence-electron chi connectivity index (χ2n) is 3.04. The van der Waals surface area contributed by atoms with Crippen molar-refractivity contribution in [3.05, 3.63) is 38.8 Å². The molecule has 0 unspecified atom stereocenters. The first-order valence-electron chi connectivity index (χ1n) is 4.48. The van der Waals surface area contributed by atoms with Gasteiger partial charge in [-0.05, 0) is 18.4 Å². The third-order valence-corrected chi connectivity index (χ3v) is 2.62. The average molecular weight is 228 g/mol. The van der Waals surface area contributed by atoms with Crippen LogP contribution in [0, 0.1) is 10.1 Å². The van der Waals surface area contributed by atoms with E-state index in [1.54, 1.807) is 22.5 Å². The predicted octanol–water partition coefficient (Wildman–Crippen LogP) is 1.51. The zero-order chi connectivity index (χ0) is 11.3. The summed E-state index contributed by atoms with van der Waals surface area (Å²) < 4.78 is 1.68. The smallest absolute Gasteiger partial charge is 0.332 e. The lowest BCUT2D eigenvalue weighted by Crippen LogP contribution is -2.11. The zero-order valence-corrected chi connectivity index (χ0v) is 9.20. The van der Waals surface area contributed by atoms with Crippen LogP contribution in [0.2, 0.25) is 0 Å². The maximum Gasteiger partial charge on any atom is 0.332 e. The van der Waals surface area contributed by atoms with E-state index in [2.05, 4.69) is 0 Å². The van der Waals surface area contributed by atoms with Gasteiger partial charge in [-0.25, -0.2) is 0 Å². The fourth-order valence-electron chi connectivity index (χ4n) is 1.18. The van der Waals surface area contributed by atoms with Gasteiger partial charge < -0.3 is 4.57 Å². The Kier molecular flexibility index (Phi) is 4.36. The summed E-state index contributed by atoms with van der Waals surface area (Å²) in [5.41, 5.74) is -0.900. The average Bonchev–Trinajstić information content (AvgIpc) is 2.20. The molecule has 0 radical (unpaired) electrons. The van der Waals surface area contributed by atoms with Crippen LogP contribution in [0.1, 0.15) is 6.42 Å². The Balaban J connectivity index is 2.79. The molecule has 1 aromatic rings. The third-order valence-electron chi connectivity index (χ3n) is 1.92. The van der Waals surface area contributed by atoms with Crippen molar-refractivity contribution in [2.24, 2.45) is 0 Å². The number of rotatable bonds is 5. The Morgan fingerprint density at radius 1 is 1.60 bits per heavy atom. The highest BCUT2D eigenvalue weighted by Gasteiger charge is 2.10. The van der Waals surface area contributed by atoms with Gasteiger partial charge >= 0.3 is 5.69 Å². The van der Waals surface area contributed by atoms with Crippen molar-refractivity contribution in [3.8, 4) is 0 Å². The molecule has 0 amide bonds. The van der Waals surface area contributed by atoms with Gasteiger partial charge in [-0.2, -0.15) is 11.8 Å². The van der Waals surface area contributed by atoms with Gasteiger partial charge in [-0.1, -0.05) is 0 Å². The summed E-state index contributed by atoms with van der Waals surface area (Å²) in [6.45, 7) is 0.696. The van der Waals surface area contributed by atoms with Crippen molar-refractivity contribution in [3.63, 3.8) is 0 Å². The predicted molar refractivity (Wildman–Crippen MR) is 60.4 cm³/mol. The summed E-state index contributed by atoms with van der Waals surface area (Å²) in [5.74, 6) is 1.000. The fraction of sp³-hybridized carbons (Fsp3) is 0.444. The molecule has 1 aromatic heterocycles. The summed E-state index contributed by atoms with van der Waals surface area (Å²) in [6, 6.07) is 1.23. The van der Waals surface area contributed by atoms with Gasteiger partial charge in [0.05, 0.1) is 11.1 Å². The highest BCUT2D eigenvalue weighted by Crippen LogP contribution is 2.04. The van der Waals surface area contributed by atoms with Crippen molar-refractivity contribution in [1.82, 2.24) is 4.57 Å². The minimum Gasteiger partial charge on any atom is -0.348 e. The van der Waals surface area contributed by atoms with E-state index in [0.29, 0.717) is 6.54 Å². The van der Waals surface area contributed by atoms with E-state index >= 15 is 0 Å². The molecule has 0 saturated carbocycles. The topological polar surface area (TPSA) is 65.1 Å². The Morgan fingerprint density at radius 3 is 2.93 bits per heavy atom. The molecular formula is C9H12N2O3S. The van der Waals surface area contributed by atoms with Crippen LogP contribution < -0.4 is 5.43 Å². The number of nitrogens with zero attached hydrogens (tertiary/aromatic N) is 2. The first kappa shape index (κ1) is 11.8. The molecule has 0 aliphatic rings. The van der Waals surface area contributed by atoms with Gasteiger partial charge in [0.2, 0.25) is 0 Å². The molecule has 1 rings (SSSR count). The molecule has 0 atom stereocenters. The summed E-state index contributed by atoms with van der Waals surface area (Å²) in [7, 11) is 0. The van der Waals surface area contributed by atoms with Gasteiger partial charge in [0, 0.05) is 18.8 Å². The minimum atomic E-state index is -0.645. The normalized spacial score (nSPS) is 10.2. The summed E-state index contributed by atoms with van der Waals surface area (Å²) in [5, 5.41) is 10.5. The summed E-state index contributed by atoms with van der Waals surface area (Å²) in [6.07, 6.45) is 5.81. The van der Waals surface area contributed by atoms with Crippen LogP contribution in [0.25, 0.3) is 0 Å². The Morgan fingerprint density at radius 2 is 2.33 bits per heavy atom. The molecule has 15 heavy (non-hydrogen) atoms. The van der Waals surface area contributed by atoms with E-state index in [4.69, 9.17) is 0 Å². The quantitative estimate of drug-likeness (QED) is 0.435. The van der Waals surface area contributed by atoms with Crippen molar-refractivity contribution in [2.45, 2.75) is 13.0 Å². The van der Waals surface area contributed by atoms with Gasteiger partial charge in [0.25, 0.3) is 5.43 Å². The molecule has 0 fully saturated rings. The van der Waals surface area contributed by atoms with Crippen molar-refractivity contribution in [1.29, 1.82) is 0 Å². The lowest BCUT2D eigenvalue weighted by Gasteiger charge is -2.04. The van der Waals surface area contributed by atoms with E-state index in [0.717, 1.165) is 12.2 Å². The van der Waals surface area contributed by atoms with E-state index < -0.39 is 10.4 Å². The van der Waals surface area contributed by atoms with Crippen LogP contribution in [0.4, 0.5) is 5.69 Å². The van der Waals surface area contributed by atoms with E-state index in [-0.39, 0.29) is 5.69 Å². The number of nitro groups is 1. The maximum atomic E-state index is 11.1. The Bertz CT molecular complexity index is 403. The number of thioether (sulfide) groups is 1. The third kappa shape index (κ3) is 3.39. The molecule has 0 saturated heterocycles. The number of aromatic nitrogens is 1. The number of hydrogen-bond acceptors (Lipinski definition) is 4. The molecular weight excluding hydrogens is 216 g/mol. The highest BCUT2D eigenvalue weighted by atomic mass is 32.2. The van der Waals surface area contributed by atoms with E-state index in [9.17, 15) is 14.9 Å². The lowest BCUT2D eigenvalue weighted by atomic mass is 10.4. The molecule has 5 nitrogen and oxygen atoms in total. The number of aryl methyl sites for hydroxylation is 1. The SMILES string of the molecule is CSCCCn1ccc(=O)c([N+](=O)[O-])c1. The van der Waals surface area contributed by atoms with E-state index in [1.165, 1.54) is 12.3 Å². The van der Waals surface area contributed by atoms with Crippen molar-refractivity contribution in [2.75, 3.05) is 12.0 Å². The van der Waals surface area contributed by atoms with E-state index in [1.807, 2.05) is 6.26 Å². The first-order valence-corrected chi connectivity index (χ1v) is 5.88. The fourth-order valence-corrected chi connectivity index (χ4v) is 1.60. The molecule has 0 aromatic carbocycles. The summed E-state index contributed by atoms with van der Waals surface area (Å²) >= 11 is 1.73. The van der Waals surface area contributed by atoms with Gasteiger partial charge in [-0.15, -0.1) is 0 Å². The minimum absolute atomic E-state index is 0.360. The molecule has 0 aliphatic heterocycles. The second-order valence-corrected chi connectivity index (χ2v) is 4.02. The largest absolute Gasteiger partial charge is 0.348 e. The molecule has 6 heteroatoms.